The molecule has 1 nitrogen and oxygen atoms in total. The van der Waals surface area contributed by atoms with Crippen molar-refractivity contribution in [3.05, 3.63) is 69.2 Å². The molecule has 1 aliphatic rings. The molecule has 3 heteroatoms. The van der Waals surface area contributed by atoms with Crippen molar-refractivity contribution in [2.75, 3.05) is 6.54 Å². The normalized spacial score (nSPS) is 16.1. The van der Waals surface area contributed by atoms with Gasteiger partial charge in [0.15, 0.2) is 0 Å². The van der Waals surface area contributed by atoms with E-state index in [4.69, 9.17) is 28.9 Å². The number of nitrogens with two attached hydrogens (primary N) is 1. The highest BCUT2D eigenvalue weighted by Gasteiger charge is 2.36. The summed E-state index contributed by atoms with van der Waals surface area (Å²) in [6.45, 7) is 0.657. The van der Waals surface area contributed by atoms with Crippen LogP contribution in [0.25, 0.3) is 0 Å². The molecule has 0 heterocycles. The lowest BCUT2D eigenvalue weighted by molar-refractivity contribution is 0.315. The van der Waals surface area contributed by atoms with E-state index < -0.39 is 0 Å². The van der Waals surface area contributed by atoms with Crippen molar-refractivity contribution in [3.63, 3.8) is 0 Å². The standard InChI is InChI=1S/C17H17Cl2N/c18-15-5-6-16(19)14(7-15)10-17(11-20)8-12-3-1-2-4-13(12)9-17/h1-7H,8-11,20H2. The molecule has 0 amide bonds. The predicted octanol–water partition coefficient (Wildman–Crippen LogP) is 4.28. The molecule has 104 valence electrons. The van der Waals surface area contributed by atoms with Crippen LogP contribution < -0.4 is 5.73 Å². The summed E-state index contributed by atoms with van der Waals surface area (Å²) >= 11 is 12.4. The molecular formula is C17H17Cl2N. The molecule has 0 atom stereocenters. The zero-order valence-corrected chi connectivity index (χ0v) is 12.7. The van der Waals surface area contributed by atoms with Crippen LogP contribution in [0.1, 0.15) is 16.7 Å². The Labute approximate surface area is 129 Å². The number of halogens is 2. The molecule has 2 aromatic carbocycles. The van der Waals surface area contributed by atoms with Gasteiger partial charge in [0.25, 0.3) is 0 Å². The smallest absolute Gasteiger partial charge is 0.0439 e. The highest BCUT2D eigenvalue weighted by atomic mass is 35.5. The van der Waals surface area contributed by atoms with Crippen LogP contribution >= 0.6 is 23.2 Å². The van der Waals surface area contributed by atoms with Crippen molar-refractivity contribution in [1.29, 1.82) is 0 Å². The van der Waals surface area contributed by atoms with Gasteiger partial charge in [-0.05, 0) is 66.1 Å². The van der Waals surface area contributed by atoms with Crippen LogP contribution in [0.15, 0.2) is 42.5 Å². The lowest BCUT2D eigenvalue weighted by Crippen LogP contribution is -2.33. The molecule has 2 N–H and O–H groups in total. The molecule has 3 rings (SSSR count). The molecule has 0 saturated heterocycles. The van der Waals surface area contributed by atoms with E-state index in [-0.39, 0.29) is 5.41 Å². The summed E-state index contributed by atoms with van der Waals surface area (Å²) in [5.74, 6) is 0. The van der Waals surface area contributed by atoms with E-state index in [2.05, 4.69) is 24.3 Å². The third kappa shape index (κ3) is 2.58. The first-order valence-corrected chi connectivity index (χ1v) is 7.58. The molecular weight excluding hydrogens is 289 g/mol. The monoisotopic (exact) mass is 305 g/mol. The molecule has 0 aliphatic heterocycles. The van der Waals surface area contributed by atoms with Crippen molar-refractivity contribution in [2.45, 2.75) is 19.3 Å². The minimum absolute atomic E-state index is 0.0675. The Balaban J connectivity index is 1.91. The summed E-state index contributed by atoms with van der Waals surface area (Å²) in [6.07, 6.45) is 2.91. The number of rotatable bonds is 3. The van der Waals surface area contributed by atoms with Crippen LogP contribution in [-0.4, -0.2) is 6.54 Å². The third-order valence-electron chi connectivity index (χ3n) is 4.26. The molecule has 1 aliphatic carbocycles. The number of fused-ring (bicyclic) bond motifs is 1. The van der Waals surface area contributed by atoms with Crippen LogP contribution in [0.5, 0.6) is 0 Å². The molecule has 0 radical (unpaired) electrons. The Bertz CT molecular complexity index is 612. The highest BCUT2D eigenvalue weighted by Crippen LogP contribution is 2.40. The lowest BCUT2D eigenvalue weighted by atomic mass is 9.79. The van der Waals surface area contributed by atoms with Gasteiger partial charge in [-0.25, -0.2) is 0 Å². The summed E-state index contributed by atoms with van der Waals surface area (Å²) < 4.78 is 0. The van der Waals surface area contributed by atoms with E-state index in [9.17, 15) is 0 Å². The van der Waals surface area contributed by atoms with Crippen molar-refractivity contribution >= 4 is 23.2 Å². The molecule has 0 spiro atoms. The molecule has 20 heavy (non-hydrogen) atoms. The summed E-state index contributed by atoms with van der Waals surface area (Å²) in [5, 5.41) is 1.50. The zero-order chi connectivity index (χ0) is 14.2. The number of hydrogen-bond donors (Lipinski definition) is 1. The van der Waals surface area contributed by atoms with Gasteiger partial charge in [-0.1, -0.05) is 47.5 Å². The topological polar surface area (TPSA) is 26.0 Å². The summed E-state index contributed by atoms with van der Waals surface area (Å²) in [5.41, 5.74) is 10.1. The highest BCUT2D eigenvalue weighted by molar-refractivity contribution is 6.33. The van der Waals surface area contributed by atoms with Gasteiger partial charge in [-0.2, -0.15) is 0 Å². The fourth-order valence-corrected chi connectivity index (χ4v) is 3.58. The van der Waals surface area contributed by atoms with Crippen LogP contribution in [0.3, 0.4) is 0 Å². The van der Waals surface area contributed by atoms with Gasteiger partial charge in [0.1, 0.15) is 0 Å². The second kappa shape index (κ2) is 5.40. The maximum Gasteiger partial charge on any atom is 0.0439 e. The van der Waals surface area contributed by atoms with Gasteiger partial charge < -0.3 is 5.73 Å². The van der Waals surface area contributed by atoms with Gasteiger partial charge >= 0.3 is 0 Å². The largest absolute Gasteiger partial charge is 0.330 e. The minimum Gasteiger partial charge on any atom is -0.330 e. The molecule has 0 fully saturated rings. The fourth-order valence-electron chi connectivity index (χ4n) is 3.20. The van der Waals surface area contributed by atoms with Crippen molar-refractivity contribution in [2.24, 2.45) is 11.1 Å². The van der Waals surface area contributed by atoms with E-state index >= 15 is 0 Å². The Hall–Kier alpha value is -1.02. The Morgan fingerprint density at radius 2 is 1.65 bits per heavy atom. The summed E-state index contributed by atoms with van der Waals surface area (Å²) in [6, 6.07) is 14.2. The average Bonchev–Trinajstić information content (AvgIpc) is 2.81. The average molecular weight is 306 g/mol. The predicted molar refractivity (Wildman–Crippen MR) is 85.5 cm³/mol. The van der Waals surface area contributed by atoms with Gasteiger partial charge in [0, 0.05) is 10.0 Å². The lowest BCUT2D eigenvalue weighted by Gasteiger charge is -2.28. The summed E-state index contributed by atoms with van der Waals surface area (Å²) in [7, 11) is 0. The first-order valence-electron chi connectivity index (χ1n) is 6.83. The van der Waals surface area contributed by atoms with Crippen LogP contribution in [0, 0.1) is 5.41 Å². The maximum atomic E-state index is 6.31. The van der Waals surface area contributed by atoms with E-state index in [1.165, 1.54) is 11.1 Å². The van der Waals surface area contributed by atoms with Gasteiger partial charge in [-0.15, -0.1) is 0 Å². The van der Waals surface area contributed by atoms with Gasteiger partial charge in [0.05, 0.1) is 0 Å². The Morgan fingerprint density at radius 3 is 2.25 bits per heavy atom. The SMILES string of the molecule is NCC1(Cc2cc(Cl)ccc2Cl)Cc2ccccc2C1. The van der Waals surface area contributed by atoms with E-state index in [1.807, 2.05) is 18.2 Å². The van der Waals surface area contributed by atoms with Gasteiger partial charge in [-0.3, -0.25) is 0 Å². The van der Waals surface area contributed by atoms with E-state index in [1.54, 1.807) is 0 Å². The van der Waals surface area contributed by atoms with Crippen molar-refractivity contribution < 1.29 is 0 Å². The zero-order valence-electron chi connectivity index (χ0n) is 11.2. The fraction of sp³-hybridized carbons (Fsp3) is 0.294. The number of benzene rings is 2. The van der Waals surface area contributed by atoms with Crippen LogP contribution in [0.2, 0.25) is 10.0 Å². The van der Waals surface area contributed by atoms with Crippen molar-refractivity contribution in [1.82, 2.24) is 0 Å². The molecule has 0 aromatic heterocycles. The summed E-state index contributed by atoms with van der Waals surface area (Å²) in [4.78, 5) is 0. The molecule has 0 bridgehead atoms. The molecule has 0 unspecified atom stereocenters. The van der Waals surface area contributed by atoms with Crippen LogP contribution in [-0.2, 0) is 19.3 Å². The Morgan fingerprint density at radius 1 is 1.00 bits per heavy atom. The van der Waals surface area contributed by atoms with E-state index in [0.717, 1.165) is 34.9 Å². The first-order chi connectivity index (χ1) is 9.62. The van der Waals surface area contributed by atoms with Gasteiger partial charge in [0.2, 0.25) is 0 Å². The van der Waals surface area contributed by atoms with E-state index in [0.29, 0.717) is 6.54 Å². The number of hydrogen-bond acceptors (Lipinski definition) is 1. The van der Waals surface area contributed by atoms with Crippen molar-refractivity contribution in [3.8, 4) is 0 Å². The molecule has 0 saturated carbocycles. The third-order valence-corrected chi connectivity index (χ3v) is 4.86. The quantitative estimate of drug-likeness (QED) is 0.900. The maximum absolute atomic E-state index is 6.31. The second-order valence-corrected chi connectivity index (χ2v) is 6.58. The minimum atomic E-state index is 0.0675. The second-order valence-electron chi connectivity index (χ2n) is 5.74. The molecule has 2 aromatic rings. The Kier molecular flexibility index (Phi) is 3.76. The van der Waals surface area contributed by atoms with Crippen LogP contribution in [0.4, 0.5) is 0 Å². The first kappa shape index (κ1) is 13.9.